The molecule has 0 aliphatic carbocycles. The number of aryl methyl sites for hydroxylation is 1. The highest BCUT2D eigenvalue weighted by Gasteiger charge is 2.24. The van der Waals surface area contributed by atoms with Gasteiger partial charge in [0.1, 0.15) is 0 Å². The molecule has 0 radical (unpaired) electrons. The number of hydrogen-bond donors (Lipinski definition) is 0. The van der Waals surface area contributed by atoms with Gasteiger partial charge in [-0.3, -0.25) is 0 Å². The molecule has 2 rings (SSSR count). The van der Waals surface area contributed by atoms with E-state index >= 15 is 0 Å². The van der Waals surface area contributed by atoms with Gasteiger partial charge in [-0.2, -0.15) is 4.39 Å². The molecule has 1 fully saturated rings. The van der Waals surface area contributed by atoms with Gasteiger partial charge in [0.05, 0.1) is 5.69 Å². The van der Waals surface area contributed by atoms with Crippen LogP contribution in [0.4, 0.5) is 10.1 Å². The van der Waals surface area contributed by atoms with Crippen molar-refractivity contribution in [1.82, 2.24) is 9.88 Å². The summed E-state index contributed by atoms with van der Waals surface area (Å²) in [5.41, 5.74) is 1.36. The van der Waals surface area contributed by atoms with E-state index in [1.54, 1.807) is 6.92 Å². The molecule has 1 unspecified atom stereocenters. The first kappa shape index (κ1) is 11.3. The average Bonchev–Trinajstić information content (AvgIpc) is 2.19. The van der Waals surface area contributed by atoms with Crippen molar-refractivity contribution < 1.29 is 4.39 Å². The van der Waals surface area contributed by atoms with E-state index < -0.39 is 0 Å². The molecular weight excluding hydrogens is 205 g/mol. The molecule has 2 heterocycles. The molecule has 0 spiro atoms. The number of nitrogens with zero attached hydrogens (tertiary/aromatic N) is 3. The first-order valence-corrected chi connectivity index (χ1v) is 5.66. The van der Waals surface area contributed by atoms with E-state index in [0.29, 0.717) is 11.7 Å². The predicted octanol–water partition coefficient (Wildman–Crippen LogP) is 1.67. The molecule has 16 heavy (non-hydrogen) atoms. The van der Waals surface area contributed by atoms with Gasteiger partial charge in [-0.1, -0.05) is 0 Å². The Balaban J connectivity index is 2.23. The summed E-state index contributed by atoms with van der Waals surface area (Å²) in [4.78, 5) is 8.24. The maximum atomic E-state index is 13.7. The van der Waals surface area contributed by atoms with Gasteiger partial charge in [-0.15, -0.1) is 0 Å². The molecule has 0 amide bonds. The largest absolute Gasteiger partial charge is 0.363 e. The summed E-state index contributed by atoms with van der Waals surface area (Å²) >= 11 is 0. The van der Waals surface area contributed by atoms with Crippen LogP contribution in [0.15, 0.2) is 12.1 Å². The molecule has 0 bridgehead atoms. The zero-order valence-electron chi connectivity index (χ0n) is 10.1. The fourth-order valence-corrected chi connectivity index (χ4v) is 2.23. The third-order valence-electron chi connectivity index (χ3n) is 3.11. The van der Waals surface area contributed by atoms with Crippen LogP contribution < -0.4 is 4.90 Å². The lowest BCUT2D eigenvalue weighted by Crippen LogP contribution is -2.50. The summed E-state index contributed by atoms with van der Waals surface area (Å²) in [6.45, 7) is 6.72. The molecule has 1 aromatic rings. The highest BCUT2D eigenvalue weighted by atomic mass is 19.1. The molecule has 3 nitrogen and oxygen atoms in total. The lowest BCUT2D eigenvalue weighted by molar-refractivity contribution is 0.274. The second kappa shape index (κ2) is 4.37. The number of hydrogen-bond acceptors (Lipinski definition) is 3. The molecule has 1 aliphatic heterocycles. The Morgan fingerprint density at radius 1 is 1.38 bits per heavy atom. The van der Waals surface area contributed by atoms with Crippen LogP contribution in [0.3, 0.4) is 0 Å². The van der Waals surface area contributed by atoms with Crippen LogP contribution >= 0.6 is 0 Å². The monoisotopic (exact) mass is 223 g/mol. The number of anilines is 1. The topological polar surface area (TPSA) is 19.4 Å². The number of aromatic nitrogens is 1. The Hall–Kier alpha value is -1.16. The van der Waals surface area contributed by atoms with Crippen LogP contribution in [-0.2, 0) is 0 Å². The highest BCUT2D eigenvalue weighted by Crippen LogP contribution is 2.22. The Labute approximate surface area is 95.9 Å². The van der Waals surface area contributed by atoms with Crippen molar-refractivity contribution in [1.29, 1.82) is 0 Å². The minimum atomic E-state index is -0.351. The quantitative estimate of drug-likeness (QED) is 0.675. The van der Waals surface area contributed by atoms with Gasteiger partial charge in [0.2, 0.25) is 5.95 Å². The summed E-state index contributed by atoms with van der Waals surface area (Å²) in [5.74, 6) is -0.351. The minimum Gasteiger partial charge on any atom is -0.363 e. The normalized spacial score (nSPS) is 22.5. The number of pyridine rings is 1. The van der Waals surface area contributed by atoms with Gasteiger partial charge >= 0.3 is 0 Å². The Morgan fingerprint density at radius 2 is 2.12 bits per heavy atom. The second-order valence-corrected chi connectivity index (χ2v) is 4.57. The van der Waals surface area contributed by atoms with Crippen molar-refractivity contribution in [3.05, 3.63) is 23.8 Å². The van der Waals surface area contributed by atoms with Gasteiger partial charge in [0.25, 0.3) is 0 Å². The van der Waals surface area contributed by atoms with Crippen LogP contribution in [-0.4, -0.2) is 42.6 Å². The molecule has 1 saturated heterocycles. The summed E-state index contributed by atoms with van der Waals surface area (Å²) in [6, 6.07) is 4.03. The van der Waals surface area contributed by atoms with E-state index in [2.05, 4.69) is 28.8 Å². The fourth-order valence-electron chi connectivity index (χ4n) is 2.23. The van der Waals surface area contributed by atoms with Crippen LogP contribution in [0.2, 0.25) is 0 Å². The van der Waals surface area contributed by atoms with Crippen LogP contribution in [0, 0.1) is 12.9 Å². The van der Waals surface area contributed by atoms with E-state index in [-0.39, 0.29) is 5.95 Å². The second-order valence-electron chi connectivity index (χ2n) is 4.57. The number of likely N-dealkylation sites (N-methyl/N-ethyl adjacent to an activating group) is 1. The molecule has 0 saturated carbocycles. The first-order valence-electron chi connectivity index (χ1n) is 5.66. The molecule has 0 N–H and O–H groups in total. The maximum Gasteiger partial charge on any atom is 0.236 e. The third kappa shape index (κ3) is 2.16. The van der Waals surface area contributed by atoms with Gasteiger partial charge in [-0.25, -0.2) is 4.98 Å². The maximum absolute atomic E-state index is 13.7. The van der Waals surface area contributed by atoms with Crippen molar-refractivity contribution in [3.63, 3.8) is 0 Å². The molecule has 88 valence electrons. The fraction of sp³-hybridized carbons (Fsp3) is 0.583. The summed E-state index contributed by atoms with van der Waals surface area (Å²) in [7, 11) is 2.09. The van der Waals surface area contributed by atoms with Crippen molar-refractivity contribution >= 4 is 5.69 Å². The molecular formula is C12H18FN3. The van der Waals surface area contributed by atoms with Crippen molar-refractivity contribution in [2.45, 2.75) is 19.9 Å². The molecule has 0 aromatic carbocycles. The Kier molecular flexibility index (Phi) is 3.10. The summed E-state index contributed by atoms with van der Waals surface area (Å²) in [5, 5.41) is 0. The Bertz CT molecular complexity index is 381. The van der Waals surface area contributed by atoms with E-state index in [1.807, 2.05) is 12.1 Å². The molecule has 1 aromatic heterocycles. The number of rotatable bonds is 1. The van der Waals surface area contributed by atoms with Crippen molar-refractivity contribution in [2.75, 3.05) is 31.6 Å². The third-order valence-corrected chi connectivity index (χ3v) is 3.11. The molecule has 1 atom stereocenters. The minimum absolute atomic E-state index is 0.331. The van der Waals surface area contributed by atoms with Gasteiger partial charge in [0, 0.05) is 31.4 Å². The van der Waals surface area contributed by atoms with Crippen LogP contribution in [0.1, 0.15) is 12.6 Å². The zero-order valence-corrected chi connectivity index (χ0v) is 10.1. The first-order chi connectivity index (χ1) is 7.58. The summed E-state index contributed by atoms with van der Waals surface area (Å²) < 4.78 is 13.7. The lowest BCUT2D eigenvalue weighted by atomic mass is 10.1. The summed E-state index contributed by atoms with van der Waals surface area (Å²) in [6.07, 6.45) is 0. The van der Waals surface area contributed by atoms with Crippen LogP contribution in [0.25, 0.3) is 0 Å². The average molecular weight is 223 g/mol. The van der Waals surface area contributed by atoms with E-state index in [4.69, 9.17) is 0 Å². The Morgan fingerprint density at radius 3 is 2.75 bits per heavy atom. The SMILES string of the molecule is Cc1ccc(N2CCN(C)CC2C)c(F)n1. The van der Waals surface area contributed by atoms with Gasteiger partial charge in [0.15, 0.2) is 0 Å². The lowest BCUT2D eigenvalue weighted by Gasteiger charge is -2.39. The van der Waals surface area contributed by atoms with E-state index in [1.165, 1.54) is 0 Å². The molecule has 4 heteroatoms. The smallest absolute Gasteiger partial charge is 0.236 e. The van der Waals surface area contributed by atoms with Gasteiger partial charge in [-0.05, 0) is 33.0 Å². The highest BCUT2D eigenvalue weighted by molar-refractivity contribution is 5.47. The predicted molar refractivity (Wildman–Crippen MR) is 63.2 cm³/mol. The number of halogens is 1. The van der Waals surface area contributed by atoms with E-state index in [9.17, 15) is 4.39 Å². The standard InChI is InChI=1S/C12H18FN3/c1-9-4-5-11(12(13)14-9)16-7-6-15(3)8-10(16)2/h4-5,10H,6-8H2,1-3H3. The number of piperazine rings is 1. The van der Waals surface area contributed by atoms with Crippen molar-refractivity contribution in [2.24, 2.45) is 0 Å². The van der Waals surface area contributed by atoms with Crippen molar-refractivity contribution in [3.8, 4) is 0 Å². The van der Waals surface area contributed by atoms with E-state index in [0.717, 1.165) is 25.3 Å². The molecule has 1 aliphatic rings. The van der Waals surface area contributed by atoms with Crippen LogP contribution in [0.5, 0.6) is 0 Å². The van der Waals surface area contributed by atoms with Gasteiger partial charge < -0.3 is 9.80 Å². The zero-order chi connectivity index (χ0) is 11.7.